The normalized spacial score (nSPS) is 17.7. The molecule has 1 saturated heterocycles. The number of hydrogen-bond acceptors (Lipinski definition) is 5. The minimum absolute atomic E-state index is 0.0352. The van der Waals surface area contributed by atoms with E-state index in [-0.39, 0.29) is 18.2 Å². The number of amides is 2. The van der Waals surface area contributed by atoms with Gasteiger partial charge in [-0.05, 0) is 12.0 Å². The largest absolute Gasteiger partial charge is 0.353 e. The number of rotatable bonds is 7. The summed E-state index contributed by atoms with van der Waals surface area (Å²) in [4.78, 5) is 32.9. The van der Waals surface area contributed by atoms with Crippen molar-refractivity contribution in [2.24, 2.45) is 0 Å². The molecule has 1 fully saturated rings. The van der Waals surface area contributed by atoms with E-state index in [1.165, 1.54) is 16.9 Å². The molecule has 26 heavy (non-hydrogen) atoms. The first kappa shape index (κ1) is 18.5. The summed E-state index contributed by atoms with van der Waals surface area (Å²) >= 11 is 1.53. The smallest absolute Gasteiger partial charge is 0.237 e. The Labute approximate surface area is 157 Å². The molecule has 1 atom stereocenters. The number of aromatic nitrogens is 1. The fraction of sp³-hybridized carbons (Fsp3) is 0.421. The molecule has 1 aromatic heterocycles. The Hall–Kier alpha value is -2.25. The molecule has 1 aromatic carbocycles. The highest BCUT2D eigenvalue weighted by Gasteiger charge is 2.32. The number of nitrogens with zero attached hydrogens (tertiary/aromatic N) is 3. The zero-order valence-corrected chi connectivity index (χ0v) is 15.7. The van der Waals surface area contributed by atoms with E-state index < -0.39 is 6.04 Å². The average molecular weight is 372 g/mol. The number of carbonyl (C=O) groups excluding carboxylic acids is 2. The molecule has 0 aliphatic carbocycles. The van der Waals surface area contributed by atoms with Crippen LogP contribution in [0.5, 0.6) is 0 Å². The van der Waals surface area contributed by atoms with Crippen molar-refractivity contribution in [3.63, 3.8) is 0 Å². The van der Waals surface area contributed by atoms with Crippen LogP contribution in [-0.2, 0) is 22.6 Å². The van der Waals surface area contributed by atoms with Crippen molar-refractivity contribution >= 4 is 23.2 Å². The van der Waals surface area contributed by atoms with Gasteiger partial charge < -0.3 is 10.2 Å². The summed E-state index contributed by atoms with van der Waals surface area (Å²) in [6.45, 7) is 2.65. The van der Waals surface area contributed by atoms with Crippen molar-refractivity contribution in [2.45, 2.75) is 25.4 Å². The lowest BCUT2D eigenvalue weighted by atomic mass is 10.1. The molecule has 1 aliphatic rings. The Morgan fingerprint density at radius 1 is 1.38 bits per heavy atom. The maximum Gasteiger partial charge on any atom is 0.237 e. The fourth-order valence-corrected chi connectivity index (χ4v) is 3.78. The Bertz CT molecular complexity index is 720. The average Bonchev–Trinajstić information content (AvgIpc) is 3.16. The highest BCUT2D eigenvalue weighted by molar-refractivity contribution is 7.09. The molecule has 0 radical (unpaired) electrons. The molecule has 2 aromatic rings. The summed E-state index contributed by atoms with van der Waals surface area (Å²) in [6, 6.07) is 9.81. The lowest BCUT2D eigenvalue weighted by Crippen LogP contribution is -2.56. The molecule has 0 bridgehead atoms. The molecular weight excluding hydrogens is 348 g/mol. The van der Waals surface area contributed by atoms with Gasteiger partial charge in [0, 0.05) is 38.3 Å². The molecule has 7 heteroatoms. The standard InChI is InChI=1S/C19H24N4O2S/c1-22(14-17-20-9-12-26-17)18(24)13-16-19(25)21-8-11-23(16)10-7-15-5-3-2-4-6-15/h2-6,9,12,16H,7-8,10-11,13-14H2,1H3,(H,21,25). The van der Waals surface area contributed by atoms with Crippen LogP contribution in [-0.4, -0.2) is 59.3 Å². The second kappa shape index (κ2) is 8.91. The van der Waals surface area contributed by atoms with Gasteiger partial charge in [-0.1, -0.05) is 30.3 Å². The number of thiazole rings is 1. The van der Waals surface area contributed by atoms with Gasteiger partial charge in [-0.3, -0.25) is 14.5 Å². The Morgan fingerprint density at radius 2 is 2.19 bits per heavy atom. The first-order valence-corrected chi connectivity index (χ1v) is 9.69. The van der Waals surface area contributed by atoms with Gasteiger partial charge in [0.15, 0.2) is 0 Å². The van der Waals surface area contributed by atoms with Crippen LogP contribution in [0.2, 0.25) is 0 Å². The van der Waals surface area contributed by atoms with E-state index in [4.69, 9.17) is 0 Å². The maximum atomic E-state index is 12.6. The molecule has 0 saturated carbocycles. The van der Waals surface area contributed by atoms with Gasteiger partial charge in [-0.2, -0.15) is 0 Å². The fourth-order valence-electron chi connectivity index (χ4n) is 3.11. The summed E-state index contributed by atoms with van der Waals surface area (Å²) in [5.41, 5.74) is 1.24. The summed E-state index contributed by atoms with van der Waals surface area (Å²) in [5.74, 6) is -0.0905. The molecule has 2 amide bonds. The summed E-state index contributed by atoms with van der Waals surface area (Å²) < 4.78 is 0. The number of hydrogen-bond donors (Lipinski definition) is 1. The van der Waals surface area contributed by atoms with Gasteiger partial charge in [-0.25, -0.2) is 4.98 Å². The second-order valence-corrected chi connectivity index (χ2v) is 7.44. The molecule has 1 unspecified atom stereocenters. The Balaban J connectivity index is 1.58. The first-order valence-electron chi connectivity index (χ1n) is 8.81. The maximum absolute atomic E-state index is 12.6. The molecule has 138 valence electrons. The van der Waals surface area contributed by atoms with E-state index in [9.17, 15) is 9.59 Å². The molecule has 1 aliphatic heterocycles. The molecule has 0 spiro atoms. The first-order chi connectivity index (χ1) is 12.6. The lowest BCUT2D eigenvalue weighted by molar-refractivity contribution is -0.138. The van der Waals surface area contributed by atoms with Crippen molar-refractivity contribution in [1.29, 1.82) is 0 Å². The van der Waals surface area contributed by atoms with Crippen molar-refractivity contribution in [3.05, 3.63) is 52.5 Å². The monoisotopic (exact) mass is 372 g/mol. The van der Waals surface area contributed by atoms with Gasteiger partial charge >= 0.3 is 0 Å². The van der Waals surface area contributed by atoms with E-state index in [0.717, 1.165) is 24.5 Å². The number of nitrogens with one attached hydrogen (secondary N) is 1. The van der Waals surface area contributed by atoms with Crippen LogP contribution in [0, 0.1) is 0 Å². The van der Waals surface area contributed by atoms with E-state index in [0.29, 0.717) is 13.1 Å². The van der Waals surface area contributed by atoms with Crippen molar-refractivity contribution in [3.8, 4) is 0 Å². The predicted octanol–water partition coefficient (Wildman–Crippen LogP) is 1.53. The third kappa shape index (κ3) is 4.89. The highest BCUT2D eigenvalue weighted by atomic mass is 32.1. The van der Waals surface area contributed by atoms with E-state index >= 15 is 0 Å². The van der Waals surface area contributed by atoms with Crippen LogP contribution in [0.1, 0.15) is 17.0 Å². The van der Waals surface area contributed by atoms with Crippen LogP contribution in [0.3, 0.4) is 0 Å². The Morgan fingerprint density at radius 3 is 2.92 bits per heavy atom. The van der Waals surface area contributed by atoms with Gasteiger partial charge in [0.2, 0.25) is 11.8 Å². The van der Waals surface area contributed by atoms with Crippen LogP contribution >= 0.6 is 11.3 Å². The molecule has 2 heterocycles. The summed E-state index contributed by atoms with van der Waals surface area (Å²) in [6.07, 6.45) is 2.80. The third-order valence-corrected chi connectivity index (χ3v) is 5.39. The minimum atomic E-state index is -0.404. The van der Waals surface area contributed by atoms with Gasteiger partial charge in [-0.15, -0.1) is 11.3 Å². The van der Waals surface area contributed by atoms with Gasteiger partial charge in [0.25, 0.3) is 0 Å². The zero-order chi connectivity index (χ0) is 18.4. The van der Waals surface area contributed by atoms with E-state index in [1.54, 1.807) is 18.1 Å². The molecule has 1 N–H and O–H groups in total. The quantitative estimate of drug-likeness (QED) is 0.801. The van der Waals surface area contributed by atoms with Crippen molar-refractivity contribution in [2.75, 3.05) is 26.7 Å². The summed E-state index contributed by atoms with van der Waals surface area (Å²) in [7, 11) is 1.76. The third-order valence-electron chi connectivity index (χ3n) is 4.62. The zero-order valence-electron chi connectivity index (χ0n) is 14.9. The highest BCUT2D eigenvalue weighted by Crippen LogP contribution is 2.14. The number of piperazine rings is 1. The van der Waals surface area contributed by atoms with Crippen LogP contribution in [0.4, 0.5) is 0 Å². The number of benzene rings is 1. The van der Waals surface area contributed by atoms with E-state index in [2.05, 4.69) is 27.3 Å². The van der Waals surface area contributed by atoms with Gasteiger partial charge in [0.1, 0.15) is 5.01 Å². The van der Waals surface area contributed by atoms with Crippen LogP contribution in [0.25, 0.3) is 0 Å². The van der Waals surface area contributed by atoms with Crippen LogP contribution < -0.4 is 5.32 Å². The second-order valence-electron chi connectivity index (χ2n) is 6.46. The lowest BCUT2D eigenvalue weighted by Gasteiger charge is -2.35. The molecule has 3 rings (SSSR count). The van der Waals surface area contributed by atoms with Crippen LogP contribution in [0.15, 0.2) is 41.9 Å². The van der Waals surface area contributed by atoms with Crippen molar-refractivity contribution < 1.29 is 9.59 Å². The Kier molecular flexibility index (Phi) is 6.35. The summed E-state index contributed by atoms with van der Waals surface area (Å²) in [5, 5.41) is 5.68. The molecule has 6 nitrogen and oxygen atoms in total. The molecular formula is C19H24N4O2S. The predicted molar refractivity (Wildman–Crippen MR) is 102 cm³/mol. The van der Waals surface area contributed by atoms with E-state index in [1.807, 2.05) is 23.6 Å². The SMILES string of the molecule is CN(Cc1nccs1)C(=O)CC1C(=O)NCCN1CCc1ccccc1. The van der Waals surface area contributed by atoms with Gasteiger partial charge in [0.05, 0.1) is 19.0 Å². The van der Waals surface area contributed by atoms with Crippen molar-refractivity contribution in [1.82, 2.24) is 20.1 Å². The number of carbonyl (C=O) groups is 2. The minimum Gasteiger partial charge on any atom is -0.353 e. The topological polar surface area (TPSA) is 65.5 Å².